The van der Waals surface area contributed by atoms with E-state index in [1.807, 2.05) is 12.3 Å². The second-order valence-corrected chi connectivity index (χ2v) is 3.36. The zero-order valence-corrected chi connectivity index (χ0v) is 11.6. The van der Waals surface area contributed by atoms with Crippen molar-refractivity contribution in [3.8, 4) is 5.82 Å². The molecule has 5 heteroatoms. The van der Waals surface area contributed by atoms with Crippen LogP contribution in [-0.2, 0) is 32.7 Å². The van der Waals surface area contributed by atoms with Gasteiger partial charge in [0.25, 0.3) is 0 Å². The van der Waals surface area contributed by atoms with Crippen molar-refractivity contribution < 1.29 is 32.7 Å². The van der Waals surface area contributed by atoms with Gasteiger partial charge in [-0.3, -0.25) is 4.68 Å². The molecule has 0 aliphatic carbocycles. The van der Waals surface area contributed by atoms with Gasteiger partial charge in [-0.15, -0.1) is 11.6 Å². The van der Waals surface area contributed by atoms with Gasteiger partial charge in [0.05, 0.1) is 0 Å². The fraction of sp³-hybridized carbons (Fsp3) is 0.300. The number of hydrogen-bond acceptors (Lipinski definition) is 3. The van der Waals surface area contributed by atoms with Crippen LogP contribution in [0.25, 0.3) is 5.82 Å². The first kappa shape index (κ1) is 12.5. The second kappa shape index (κ2) is 5.47. The quantitative estimate of drug-likeness (QED) is 0.782. The van der Waals surface area contributed by atoms with Crippen molar-refractivity contribution in [1.29, 1.82) is 0 Å². The van der Waals surface area contributed by atoms with Crippen molar-refractivity contribution in [1.82, 2.24) is 19.7 Å². The van der Waals surface area contributed by atoms with Crippen molar-refractivity contribution in [3.05, 3.63) is 36.5 Å². The van der Waals surface area contributed by atoms with Crippen LogP contribution in [-0.4, -0.2) is 19.7 Å². The van der Waals surface area contributed by atoms with E-state index < -0.39 is 0 Å². The summed E-state index contributed by atoms with van der Waals surface area (Å²) in [7, 11) is 0. The van der Waals surface area contributed by atoms with Crippen molar-refractivity contribution in [2.45, 2.75) is 19.8 Å². The Balaban J connectivity index is 0.00000112. The summed E-state index contributed by atoms with van der Waals surface area (Å²) in [5, 5.41) is 3.98. The Labute approximate surface area is 114 Å². The minimum absolute atomic E-state index is 0. The molecule has 0 spiro atoms. The molecule has 2 aromatic rings. The van der Waals surface area contributed by atoms with Gasteiger partial charge in [0, 0.05) is 38.5 Å². The molecule has 4 nitrogen and oxygen atoms in total. The average molecular weight is 276 g/mol. The number of aromatic nitrogens is 4. The molecule has 0 N–H and O–H groups in total. The van der Waals surface area contributed by atoms with Gasteiger partial charge in [-0.05, 0) is 5.92 Å². The van der Waals surface area contributed by atoms with Gasteiger partial charge in [-0.1, -0.05) is 20.0 Å². The summed E-state index contributed by atoms with van der Waals surface area (Å²) in [4.78, 5) is 8.13. The summed E-state index contributed by atoms with van der Waals surface area (Å²) in [5.74, 6) is 1.19. The molecule has 2 heterocycles. The molecule has 1 radical (unpaired) electrons. The largest absolute Gasteiger partial charge is 0.366 e. The van der Waals surface area contributed by atoms with Crippen molar-refractivity contribution in [3.63, 3.8) is 0 Å². The average Bonchev–Trinajstić information content (AvgIpc) is 2.71. The Morgan fingerprint density at radius 2 is 2.20 bits per heavy atom. The Bertz CT molecular complexity index is 394. The van der Waals surface area contributed by atoms with Crippen LogP contribution in [0.2, 0.25) is 0 Å². The molecule has 2 rings (SSSR count). The summed E-state index contributed by atoms with van der Waals surface area (Å²) in [6.07, 6.45) is 4.92. The fourth-order valence-electron chi connectivity index (χ4n) is 1.13. The summed E-state index contributed by atoms with van der Waals surface area (Å²) in [6.45, 7) is 4.23. The first-order chi connectivity index (χ1) is 6.77. The second-order valence-electron chi connectivity index (χ2n) is 3.36. The third-order valence-corrected chi connectivity index (χ3v) is 1.98. The maximum Gasteiger partial charge on any atom is 0.137 e. The van der Waals surface area contributed by atoms with Crippen LogP contribution in [0.1, 0.15) is 25.3 Å². The van der Waals surface area contributed by atoms with Gasteiger partial charge >= 0.3 is 0 Å². The van der Waals surface area contributed by atoms with Crippen molar-refractivity contribution in [2.75, 3.05) is 0 Å². The molecular formula is C10H11N4Y-. The molecule has 0 aliphatic rings. The topological polar surface area (TPSA) is 43.6 Å². The van der Waals surface area contributed by atoms with Gasteiger partial charge in [-0.25, -0.2) is 4.98 Å². The Morgan fingerprint density at radius 1 is 1.40 bits per heavy atom. The minimum atomic E-state index is 0. The predicted octanol–water partition coefficient (Wildman–Crippen LogP) is 1.58. The van der Waals surface area contributed by atoms with E-state index in [4.69, 9.17) is 0 Å². The maximum absolute atomic E-state index is 4.27. The first-order valence-corrected chi connectivity index (χ1v) is 4.50. The number of hydrogen-bond donors (Lipinski definition) is 0. The number of pyridine rings is 1. The zero-order chi connectivity index (χ0) is 9.97. The molecule has 0 bridgehead atoms. The normalized spacial score (nSPS) is 10.1. The molecule has 0 unspecified atom stereocenters. The minimum Gasteiger partial charge on any atom is -0.366 e. The van der Waals surface area contributed by atoms with E-state index in [2.05, 4.69) is 35.0 Å². The van der Waals surface area contributed by atoms with E-state index in [0.717, 1.165) is 11.4 Å². The summed E-state index contributed by atoms with van der Waals surface area (Å²) < 4.78 is 1.61. The SMILES string of the molecule is CC(C)c1[c-]cc(-n2cncn2)nc1.[Y]. The van der Waals surface area contributed by atoms with E-state index >= 15 is 0 Å². The van der Waals surface area contributed by atoms with Crippen LogP contribution in [0.5, 0.6) is 0 Å². The molecule has 0 saturated heterocycles. The number of nitrogens with zero attached hydrogens (tertiary/aromatic N) is 4. The molecule has 15 heavy (non-hydrogen) atoms. The predicted molar refractivity (Wildman–Crippen MR) is 52.1 cm³/mol. The van der Waals surface area contributed by atoms with Crippen LogP contribution in [0, 0.1) is 6.07 Å². The summed E-state index contributed by atoms with van der Waals surface area (Å²) >= 11 is 0. The van der Waals surface area contributed by atoms with Crippen LogP contribution in [0.15, 0.2) is 24.9 Å². The van der Waals surface area contributed by atoms with E-state index in [1.165, 1.54) is 6.33 Å². The molecule has 0 atom stereocenters. The third-order valence-electron chi connectivity index (χ3n) is 1.98. The van der Waals surface area contributed by atoms with Gasteiger partial charge in [0.2, 0.25) is 0 Å². The molecule has 0 saturated carbocycles. The van der Waals surface area contributed by atoms with Crippen LogP contribution in [0.4, 0.5) is 0 Å². The maximum atomic E-state index is 4.27. The number of rotatable bonds is 2. The van der Waals surface area contributed by atoms with Crippen LogP contribution in [0.3, 0.4) is 0 Å². The molecule has 0 fully saturated rings. The van der Waals surface area contributed by atoms with Crippen LogP contribution < -0.4 is 0 Å². The third kappa shape index (κ3) is 2.92. The van der Waals surface area contributed by atoms with Crippen molar-refractivity contribution >= 4 is 0 Å². The van der Waals surface area contributed by atoms with Crippen LogP contribution >= 0.6 is 0 Å². The van der Waals surface area contributed by atoms with Gasteiger partial charge < -0.3 is 4.98 Å². The zero-order valence-electron chi connectivity index (χ0n) is 8.75. The van der Waals surface area contributed by atoms with E-state index in [-0.39, 0.29) is 32.7 Å². The Hall–Kier alpha value is -0.606. The van der Waals surface area contributed by atoms with Gasteiger partial charge in [0.15, 0.2) is 0 Å². The summed E-state index contributed by atoms with van der Waals surface area (Å²) in [6, 6.07) is 5.00. The Kier molecular flexibility index (Phi) is 4.55. The molecule has 0 amide bonds. The fourth-order valence-corrected chi connectivity index (χ4v) is 1.13. The standard InChI is InChI=1S/C10H11N4.Y/c1-8(2)9-3-4-10(12-5-9)14-7-11-6-13-14;/h4-8H,1-2H3;/q-1;. The molecule has 0 aliphatic heterocycles. The Morgan fingerprint density at radius 3 is 2.67 bits per heavy atom. The van der Waals surface area contributed by atoms with Crippen molar-refractivity contribution in [2.24, 2.45) is 0 Å². The van der Waals surface area contributed by atoms with E-state index in [0.29, 0.717) is 5.92 Å². The van der Waals surface area contributed by atoms with E-state index in [9.17, 15) is 0 Å². The monoisotopic (exact) mass is 276 g/mol. The molecule has 0 aromatic carbocycles. The molecule has 2 aromatic heterocycles. The van der Waals surface area contributed by atoms with E-state index in [1.54, 1.807) is 11.0 Å². The first-order valence-electron chi connectivity index (χ1n) is 4.50. The summed E-state index contributed by atoms with van der Waals surface area (Å²) in [5.41, 5.74) is 1.11. The van der Waals surface area contributed by atoms with Gasteiger partial charge in [-0.2, -0.15) is 11.2 Å². The smallest absolute Gasteiger partial charge is 0.137 e. The molecular weight excluding hydrogens is 265 g/mol. The van der Waals surface area contributed by atoms with Gasteiger partial charge in [0.1, 0.15) is 12.7 Å². The molecule has 75 valence electrons.